The first-order chi connectivity index (χ1) is 21.6. The highest BCUT2D eigenvalue weighted by Gasteiger charge is 2.85. The van der Waals surface area contributed by atoms with Gasteiger partial charge in [-0.25, -0.2) is 14.7 Å². The van der Waals surface area contributed by atoms with Crippen LogP contribution in [0.1, 0.15) is 96.3 Å². The van der Waals surface area contributed by atoms with E-state index in [0.29, 0.717) is 45.5 Å². The van der Waals surface area contributed by atoms with Crippen molar-refractivity contribution >= 4 is 34.5 Å². The van der Waals surface area contributed by atoms with Crippen molar-refractivity contribution in [2.75, 3.05) is 19.7 Å². The number of nitrogens with one attached hydrogen (secondary N) is 3. The van der Waals surface area contributed by atoms with Crippen LogP contribution in [0.3, 0.4) is 0 Å². The Bertz CT molecular complexity index is 1350. The van der Waals surface area contributed by atoms with E-state index in [1.807, 2.05) is 19.9 Å². The number of aliphatic imine (C=N–C) groups is 1. The third-order valence-electron chi connectivity index (χ3n) is 9.18. The third kappa shape index (κ3) is 8.51. The summed E-state index contributed by atoms with van der Waals surface area (Å²) >= 11 is 7.37. The molecular formula is C34H50ClN7O2S. The molecule has 3 aliphatic carbocycles. The number of rotatable bonds is 11. The first kappa shape index (κ1) is 35.0. The summed E-state index contributed by atoms with van der Waals surface area (Å²) < 4.78 is 10.2. The monoisotopic (exact) mass is 655 g/mol. The van der Waals surface area contributed by atoms with Crippen molar-refractivity contribution in [3.8, 4) is 11.7 Å². The van der Waals surface area contributed by atoms with Crippen molar-refractivity contribution in [2.24, 2.45) is 21.7 Å². The number of halogens is 1. The average Bonchev–Trinajstić information content (AvgIpc) is 3.98. The molecule has 0 aromatic carbocycles. The van der Waals surface area contributed by atoms with Gasteiger partial charge in [-0.1, -0.05) is 45.5 Å². The fraction of sp³-hybridized carbons (Fsp3) is 0.588. The Kier molecular flexibility index (Phi) is 11.8. The molecule has 9 nitrogen and oxygen atoms in total. The molecule has 1 amide bonds. The fourth-order valence-corrected chi connectivity index (χ4v) is 7.40. The molecule has 2 aromatic rings. The zero-order chi connectivity index (χ0) is 32.7. The second-order valence-electron chi connectivity index (χ2n) is 12.6. The zero-order valence-corrected chi connectivity index (χ0v) is 29.1. The highest BCUT2D eigenvalue weighted by atomic mass is 35.5. The number of aromatic nitrogens is 3. The summed E-state index contributed by atoms with van der Waals surface area (Å²) in [5, 5.41) is 11.5. The molecule has 3 N–H and O–H groups in total. The van der Waals surface area contributed by atoms with Crippen molar-refractivity contribution < 1.29 is 9.53 Å². The summed E-state index contributed by atoms with van der Waals surface area (Å²) in [7, 11) is 0. The first-order valence-electron chi connectivity index (χ1n) is 16.3. The number of hydrogen-bond donors (Lipinski definition) is 3. The minimum atomic E-state index is -0.392. The van der Waals surface area contributed by atoms with Crippen LogP contribution in [0.25, 0.3) is 5.82 Å². The molecule has 0 bridgehead atoms. The van der Waals surface area contributed by atoms with Gasteiger partial charge in [-0.15, -0.1) is 5.10 Å². The molecule has 3 heterocycles. The van der Waals surface area contributed by atoms with Crippen LogP contribution in [0.5, 0.6) is 5.88 Å². The van der Waals surface area contributed by atoms with Crippen LogP contribution < -0.4 is 20.1 Å². The summed E-state index contributed by atoms with van der Waals surface area (Å²) in [6.07, 6.45) is 13.8. The van der Waals surface area contributed by atoms with E-state index < -0.39 is 5.91 Å². The molecule has 0 unspecified atom stereocenters. The minimum absolute atomic E-state index is 0.0767. The van der Waals surface area contributed by atoms with Gasteiger partial charge in [-0.3, -0.25) is 9.52 Å². The molecule has 0 radical (unpaired) electrons. The van der Waals surface area contributed by atoms with Gasteiger partial charge in [-0.2, -0.15) is 0 Å². The van der Waals surface area contributed by atoms with Crippen LogP contribution in [0.2, 0.25) is 5.15 Å². The topological polar surface area (TPSA) is 105 Å². The maximum Gasteiger partial charge on any atom is 0.264 e. The molecule has 1 aliphatic heterocycles. The second kappa shape index (κ2) is 15.2. The van der Waals surface area contributed by atoms with Gasteiger partial charge in [0.1, 0.15) is 16.0 Å². The van der Waals surface area contributed by atoms with Crippen LogP contribution in [0.4, 0.5) is 0 Å². The predicted molar refractivity (Wildman–Crippen MR) is 186 cm³/mol. The van der Waals surface area contributed by atoms with Crippen LogP contribution in [0.15, 0.2) is 54.4 Å². The van der Waals surface area contributed by atoms with Gasteiger partial charge in [0.25, 0.3) is 5.91 Å². The highest BCUT2D eigenvalue weighted by molar-refractivity contribution is 8.13. The van der Waals surface area contributed by atoms with Crippen molar-refractivity contribution in [1.82, 2.24) is 30.1 Å². The van der Waals surface area contributed by atoms with Crippen LogP contribution in [-0.2, 0) is 0 Å². The molecule has 1 saturated heterocycles. The molecular weight excluding hydrogens is 606 g/mol. The minimum Gasteiger partial charge on any atom is -0.477 e. The van der Waals surface area contributed by atoms with Crippen LogP contribution in [-0.4, -0.2) is 51.0 Å². The zero-order valence-electron chi connectivity index (χ0n) is 27.5. The summed E-state index contributed by atoms with van der Waals surface area (Å²) in [6, 6.07) is 5.13. The molecule has 0 atom stereocenters. The fourth-order valence-electron chi connectivity index (χ4n) is 6.62. The maximum atomic E-state index is 12.6. The van der Waals surface area contributed by atoms with Gasteiger partial charge in [-0.05, 0) is 107 Å². The van der Waals surface area contributed by atoms with Crippen LogP contribution >= 0.6 is 23.5 Å². The standard InChI is InChI=1S/C26H31ClN6O2S.C6H13N.C2H6/c1-4-14-28-17(3)29-22(5-2)36-32-24(34)18-6-7-20(30-23(18)27)33-15-8-21(31-33)35-16-9-19-25(10-11-25)26(19)12-13-26;1-6(2)4-3-5-7-6;1-2/h5-8,15,19,28H,2-4,9-14,16H2,1H3,(H,32,34);7H,3-5H2,1-2H3;1-2H3/b29-22+;;. The number of nitrogens with zero attached hydrogens (tertiary/aromatic N) is 4. The lowest BCUT2D eigenvalue weighted by molar-refractivity contribution is 0.0984. The van der Waals surface area contributed by atoms with Gasteiger partial charge in [0.15, 0.2) is 5.82 Å². The van der Waals surface area contributed by atoms with Gasteiger partial charge in [0.2, 0.25) is 5.88 Å². The molecule has 246 valence electrons. The van der Waals surface area contributed by atoms with E-state index in [9.17, 15) is 4.79 Å². The van der Waals surface area contributed by atoms with E-state index in [1.165, 1.54) is 45.1 Å². The number of hydrogen-bond acceptors (Lipinski definition) is 8. The Balaban J connectivity index is 0.000000447. The molecule has 4 fully saturated rings. The number of carbonyl (C=O) groups excluding carboxylic acids is 1. The summed E-state index contributed by atoms with van der Waals surface area (Å²) in [5.41, 5.74) is 2.09. The largest absolute Gasteiger partial charge is 0.477 e. The second-order valence-corrected chi connectivity index (χ2v) is 13.8. The van der Waals surface area contributed by atoms with Gasteiger partial charge >= 0.3 is 0 Å². The molecule has 2 aromatic heterocycles. The Hall–Kier alpha value is -2.82. The molecule has 4 aliphatic rings. The van der Waals surface area contributed by atoms with Crippen LogP contribution in [0, 0.1) is 16.7 Å². The summed E-state index contributed by atoms with van der Waals surface area (Å²) in [4.78, 5) is 21.3. The number of pyridine rings is 1. The third-order valence-corrected chi connectivity index (χ3v) is 10.2. The number of amides is 1. The molecule has 6 rings (SSSR count). The van der Waals surface area contributed by atoms with E-state index in [1.54, 1.807) is 29.1 Å². The Morgan fingerprint density at radius 3 is 2.47 bits per heavy atom. The molecule has 11 heteroatoms. The highest BCUT2D eigenvalue weighted by Crippen LogP contribution is 2.93. The lowest BCUT2D eigenvalue weighted by atomic mass is 10.0. The Labute approximate surface area is 278 Å². The van der Waals surface area contributed by atoms with Gasteiger partial charge < -0.3 is 15.4 Å². The Morgan fingerprint density at radius 1 is 1.22 bits per heavy atom. The van der Waals surface area contributed by atoms with E-state index in [2.05, 4.69) is 64.4 Å². The summed E-state index contributed by atoms with van der Waals surface area (Å²) in [5.74, 6) is 2.03. The maximum absolute atomic E-state index is 12.6. The quantitative estimate of drug-likeness (QED) is 0.0997. The number of carbonyl (C=O) groups is 1. The van der Waals surface area contributed by atoms with E-state index >= 15 is 0 Å². The lowest BCUT2D eigenvalue weighted by Gasteiger charge is -2.15. The van der Waals surface area contributed by atoms with E-state index in [-0.39, 0.29) is 10.7 Å². The van der Waals surface area contributed by atoms with Crippen molar-refractivity contribution in [3.63, 3.8) is 0 Å². The van der Waals surface area contributed by atoms with E-state index in [4.69, 9.17) is 16.3 Å². The molecule has 3 saturated carbocycles. The lowest BCUT2D eigenvalue weighted by Crippen LogP contribution is -2.31. The van der Waals surface area contributed by atoms with Crippen molar-refractivity contribution in [3.05, 3.63) is 60.2 Å². The Morgan fingerprint density at radius 2 is 1.93 bits per heavy atom. The van der Waals surface area contributed by atoms with Gasteiger partial charge in [0, 0.05) is 36.3 Å². The molecule has 2 spiro atoms. The number of fused-ring (bicyclic) bond motifs is 1. The number of ether oxygens (including phenoxy) is 1. The SMILES string of the molecule is C=C/C(=N\C(=C)NCCC)SNC(=O)c1ccc(-n2ccc(OCCC3C4(CC4)C34CC4)n2)nc1Cl.CC.CC1(C)CCCN1. The normalized spacial score (nSPS) is 19.5. The van der Waals surface area contributed by atoms with Crippen molar-refractivity contribution in [2.45, 2.75) is 91.5 Å². The first-order valence-corrected chi connectivity index (χ1v) is 17.5. The summed E-state index contributed by atoms with van der Waals surface area (Å²) in [6.45, 7) is 20.8. The van der Waals surface area contributed by atoms with Crippen molar-refractivity contribution in [1.29, 1.82) is 0 Å². The molecule has 45 heavy (non-hydrogen) atoms. The average molecular weight is 656 g/mol. The van der Waals surface area contributed by atoms with Gasteiger partial charge in [0.05, 0.1) is 12.2 Å². The van der Waals surface area contributed by atoms with E-state index in [0.717, 1.165) is 37.3 Å². The smallest absolute Gasteiger partial charge is 0.264 e. The predicted octanol–water partition coefficient (Wildman–Crippen LogP) is 7.49.